The third-order valence-electron chi connectivity index (χ3n) is 13.3. The molecule has 0 amide bonds. The quantitative estimate of drug-likeness (QED) is 0.0197. The molecule has 0 rings (SSSR count). The molecule has 0 aromatic rings. The molecule has 450 valence electrons. The normalized spacial score (nSPS) is 13.9. The van der Waals surface area contributed by atoms with Gasteiger partial charge in [0.05, 0.1) is 19.8 Å². The first-order valence-corrected chi connectivity index (χ1v) is 33.0. The van der Waals surface area contributed by atoms with E-state index in [2.05, 4.69) is 106 Å². The van der Waals surface area contributed by atoms with Crippen LogP contribution in [0.25, 0.3) is 0 Å². The molecule has 0 aliphatic rings. The summed E-state index contributed by atoms with van der Waals surface area (Å²) >= 11 is 0. The molecular formula is C66H115O11P. The predicted octanol–water partition coefficient (Wildman–Crippen LogP) is 19.0. The first-order valence-electron chi connectivity index (χ1n) is 31.5. The van der Waals surface area contributed by atoms with E-state index in [9.17, 15) is 28.9 Å². The van der Waals surface area contributed by atoms with Crippen molar-refractivity contribution in [2.24, 2.45) is 0 Å². The molecule has 0 aliphatic carbocycles. The van der Waals surface area contributed by atoms with Gasteiger partial charge in [-0.2, -0.15) is 0 Å². The van der Waals surface area contributed by atoms with Gasteiger partial charge in [-0.1, -0.05) is 228 Å². The van der Waals surface area contributed by atoms with Crippen molar-refractivity contribution in [1.29, 1.82) is 0 Å². The topological polar surface area (TPSA) is 155 Å². The summed E-state index contributed by atoms with van der Waals surface area (Å²) in [5, 5.41) is 9.85. The van der Waals surface area contributed by atoms with Gasteiger partial charge in [0.15, 0.2) is 6.10 Å². The Balaban J connectivity index is 4.73. The lowest BCUT2D eigenvalue weighted by atomic mass is 10.1. The van der Waals surface area contributed by atoms with E-state index in [-0.39, 0.29) is 25.9 Å². The van der Waals surface area contributed by atoms with Crippen LogP contribution in [-0.4, -0.2) is 66.5 Å². The summed E-state index contributed by atoms with van der Waals surface area (Å²) in [6.45, 7) is 4.48. The summed E-state index contributed by atoms with van der Waals surface area (Å²) in [5.74, 6) is -1.49. The standard InChI is InChI=1S/C66H115O11P/c1-4-7-10-13-16-19-22-25-28-31-34-37-40-43-46-49-52-55-64(68)73-59-63(77-66(70)57-54-51-48-45-42-39-36-33-30-27-24-21-18-15-12-9-6-3)61-75-78(71,72)74-60-62(58-67)76-65(69)56-53-50-47-44-41-38-35-32-29-26-23-20-17-14-11-8-5-2/h9,12,16-21,25-30,62-63,67H,4-8,10-11,13-15,22-24,31-61H2,1-3H3,(H,71,72)/b12-9-,19-16-,20-17-,21-18-,28-25-,29-26-,30-27-. The van der Waals surface area contributed by atoms with Crippen LogP contribution in [0.2, 0.25) is 0 Å². The van der Waals surface area contributed by atoms with Gasteiger partial charge in [0.1, 0.15) is 12.7 Å². The number of rotatable bonds is 58. The Bertz CT molecular complexity index is 1630. The number of phosphoric ester groups is 1. The SMILES string of the molecule is CC/C=C\C/C=C\C/C=C\CCCCCCCCCC(=O)OC(COC(=O)CCCCCCCCC/C=C\C/C=C\CCCCC)COP(=O)(O)OCC(CO)OC(=O)CCCCCCCCC/C=C\C/C=C\CCCCC. The van der Waals surface area contributed by atoms with Gasteiger partial charge in [0.2, 0.25) is 0 Å². The van der Waals surface area contributed by atoms with Crippen molar-refractivity contribution in [2.45, 2.75) is 290 Å². The summed E-state index contributed by atoms with van der Waals surface area (Å²) in [6, 6.07) is 0. The van der Waals surface area contributed by atoms with Crippen LogP contribution in [0, 0.1) is 0 Å². The number of carbonyl (C=O) groups is 3. The zero-order valence-electron chi connectivity index (χ0n) is 49.9. The van der Waals surface area contributed by atoms with Crippen molar-refractivity contribution in [3.8, 4) is 0 Å². The Morgan fingerprint density at radius 1 is 0.372 bits per heavy atom. The van der Waals surface area contributed by atoms with Crippen LogP contribution >= 0.6 is 7.82 Å². The molecule has 0 fully saturated rings. The maximum atomic E-state index is 12.9. The fourth-order valence-electron chi connectivity index (χ4n) is 8.49. The summed E-state index contributed by atoms with van der Waals surface area (Å²) < 4.78 is 39.7. The van der Waals surface area contributed by atoms with Gasteiger partial charge in [-0.15, -0.1) is 0 Å². The lowest BCUT2D eigenvalue weighted by Crippen LogP contribution is -2.30. The molecule has 12 heteroatoms. The Kier molecular flexibility index (Phi) is 57.2. The van der Waals surface area contributed by atoms with E-state index < -0.39 is 57.8 Å². The van der Waals surface area contributed by atoms with Crippen LogP contribution in [0.3, 0.4) is 0 Å². The molecular weight excluding hydrogens is 1000 g/mol. The summed E-state index contributed by atoms with van der Waals surface area (Å²) in [7, 11) is -4.76. The fourth-order valence-corrected chi connectivity index (χ4v) is 9.27. The van der Waals surface area contributed by atoms with E-state index in [4.69, 9.17) is 23.3 Å². The van der Waals surface area contributed by atoms with Crippen molar-refractivity contribution in [3.05, 3.63) is 85.1 Å². The molecule has 0 saturated carbocycles. The second-order valence-corrected chi connectivity index (χ2v) is 22.3. The molecule has 0 bridgehead atoms. The summed E-state index contributed by atoms with van der Waals surface area (Å²) in [5.41, 5.74) is 0. The van der Waals surface area contributed by atoms with Gasteiger partial charge in [-0.05, 0) is 116 Å². The number of allylic oxidation sites excluding steroid dienone is 14. The first kappa shape index (κ1) is 74.7. The molecule has 0 radical (unpaired) electrons. The maximum Gasteiger partial charge on any atom is 0.472 e. The molecule has 78 heavy (non-hydrogen) atoms. The molecule has 3 atom stereocenters. The third kappa shape index (κ3) is 57.3. The van der Waals surface area contributed by atoms with Crippen LogP contribution in [-0.2, 0) is 42.2 Å². The minimum atomic E-state index is -4.76. The van der Waals surface area contributed by atoms with E-state index in [0.717, 1.165) is 128 Å². The van der Waals surface area contributed by atoms with E-state index in [0.29, 0.717) is 19.3 Å². The van der Waals surface area contributed by atoms with Gasteiger partial charge < -0.3 is 24.2 Å². The molecule has 0 saturated heterocycles. The van der Waals surface area contributed by atoms with Crippen molar-refractivity contribution in [1.82, 2.24) is 0 Å². The average Bonchev–Trinajstić information content (AvgIpc) is 3.43. The number of ether oxygens (including phenoxy) is 3. The van der Waals surface area contributed by atoms with Crippen LogP contribution < -0.4 is 0 Å². The molecule has 0 aromatic heterocycles. The number of aliphatic hydroxyl groups is 1. The van der Waals surface area contributed by atoms with Gasteiger partial charge >= 0.3 is 25.7 Å². The second-order valence-electron chi connectivity index (χ2n) is 20.8. The monoisotopic (exact) mass is 1110 g/mol. The summed E-state index contributed by atoms with van der Waals surface area (Å²) in [6.07, 6.45) is 69.5. The highest BCUT2D eigenvalue weighted by atomic mass is 31.2. The lowest BCUT2D eigenvalue weighted by Gasteiger charge is -2.21. The molecule has 0 heterocycles. The molecule has 2 N–H and O–H groups in total. The number of carbonyl (C=O) groups excluding carboxylic acids is 3. The molecule has 3 unspecified atom stereocenters. The van der Waals surface area contributed by atoms with Crippen LogP contribution in [0.5, 0.6) is 0 Å². The summed E-state index contributed by atoms with van der Waals surface area (Å²) in [4.78, 5) is 48.7. The van der Waals surface area contributed by atoms with E-state index in [1.165, 1.54) is 89.9 Å². The average molecular weight is 1120 g/mol. The number of phosphoric acid groups is 1. The molecule has 11 nitrogen and oxygen atoms in total. The third-order valence-corrected chi connectivity index (χ3v) is 14.2. The molecule has 0 aliphatic heterocycles. The van der Waals surface area contributed by atoms with E-state index >= 15 is 0 Å². The van der Waals surface area contributed by atoms with Crippen molar-refractivity contribution >= 4 is 25.7 Å². The maximum absolute atomic E-state index is 12.9. The number of esters is 3. The molecule has 0 spiro atoms. The smallest absolute Gasteiger partial charge is 0.462 e. The lowest BCUT2D eigenvalue weighted by molar-refractivity contribution is -0.161. The Morgan fingerprint density at radius 2 is 0.667 bits per heavy atom. The largest absolute Gasteiger partial charge is 0.472 e. The Hall–Kier alpha value is -3.34. The number of unbranched alkanes of at least 4 members (excludes halogenated alkanes) is 27. The zero-order chi connectivity index (χ0) is 56.9. The second kappa shape index (κ2) is 59.8. The van der Waals surface area contributed by atoms with Crippen molar-refractivity contribution in [2.75, 3.05) is 26.4 Å². The van der Waals surface area contributed by atoms with Gasteiger partial charge in [0, 0.05) is 19.3 Å². The van der Waals surface area contributed by atoms with Gasteiger partial charge in [0.25, 0.3) is 0 Å². The first-order chi connectivity index (χ1) is 38.2. The number of hydrogen-bond acceptors (Lipinski definition) is 10. The van der Waals surface area contributed by atoms with E-state index in [1.807, 2.05) is 0 Å². The predicted molar refractivity (Wildman–Crippen MR) is 325 cm³/mol. The fraction of sp³-hybridized carbons (Fsp3) is 0.742. The molecule has 0 aromatic carbocycles. The van der Waals surface area contributed by atoms with Gasteiger partial charge in [-0.3, -0.25) is 23.4 Å². The Labute approximate surface area is 477 Å². The van der Waals surface area contributed by atoms with Crippen LogP contribution in [0.4, 0.5) is 0 Å². The highest BCUT2D eigenvalue weighted by molar-refractivity contribution is 7.47. The highest BCUT2D eigenvalue weighted by Crippen LogP contribution is 2.43. The van der Waals surface area contributed by atoms with Crippen LogP contribution in [0.15, 0.2) is 85.1 Å². The van der Waals surface area contributed by atoms with Gasteiger partial charge in [-0.25, -0.2) is 4.57 Å². The Morgan fingerprint density at radius 3 is 1.03 bits per heavy atom. The zero-order valence-corrected chi connectivity index (χ0v) is 50.8. The number of hydrogen-bond donors (Lipinski definition) is 2. The van der Waals surface area contributed by atoms with Crippen molar-refractivity contribution in [3.63, 3.8) is 0 Å². The van der Waals surface area contributed by atoms with Crippen LogP contribution in [0.1, 0.15) is 278 Å². The minimum absolute atomic E-state index is 0.152. The minimum Gasteiger partial charge on any atom is -0.462 e. The van der Waals surface area contributed by atoms with Crippen molar-refractivity contribution < 1.29 is 52.2 Å². The number of aliphatic hydroxyl groups excluding tert-OH is 1. The van der Waals surface area contributed by atoms with E-state index in [1.54, 1.807) is 0 Å². The highest BCUT2D eigenvalue weighted by Gasteiger charge is 2.28.